The summed E-state index contributed by atoms with van der Waals surface area (Å²) in [7, 11) is -3.78. The van der Waals surface area contributed by atoms with Crippen molar-refractivity contribution in [1.29, 1.82) is 5.26 Å². The molecule has 1 aromatic heterocycles. The fourth-order valence-electron chi connectivity index (χ4n) is 5.12. The number of benzene rings is 1. The molecule has 1 saturated heterocycles. The lowest BCUT2D eigenvalue weighted by Crippen LogP contribution is -2.49. The lowest BCUT2D eigenvalue weighted by atomic mass is 9.78. The minimum absolute atomic E-state index is 0.0390. The topological polar surface area (TPSA) is 91.1 Å². The normalized spacial score (nSPS) is 21.2. The highest BCUT2D eigenvalue weighted by atomic mass is 32.2. The Balaban J connectivity index is 1.59. The van der Waals surface area contributed by atoms with Gasteiger partial charge in [0.1, 0.15) is 11.8 Å². The molecule has 0 N–H and O–H groups in total. The molecule has 2 heterocycles. The second-order valence-electron chi connectivity index (χ2n) is 8.59. The summed E-state index contributed by atoms with van der Waals surface area (Å²) >= 11 is 0. The fraction of sp³-hybridized carbons (Fsp3) is 0.458. The van der Waals surface area contributed by atoms with Crippen LogP contribution in [0.4, 0.5) is 0 Å². The van der Waals surface area contributed by atoms with Crippen LogP contribution in [0.3, 0.4) is 0 Å². The van der Waals surface area contributed by atoms with Gasteiger partial charge in [-0.05, 0) is 62.3 Å². The van der Waals surface area contributed by atoms with E-state index in [1.165, 1.54) is 25.3 Å². The molecule has 31 heavy (non-hydrogen) atoms. The van der Waals surface area contributed by atoms with E-state index in [1.807, 2.05) is 11.0 Å². The lowest BCUT2D eigenvalue weighted by molar-refractivity contribution is 0.0385. The second-order valence-corrected chi connectivity index (χ2v) is 10.5. The number of rotatable bonds is 4. The highest BCUT2D eigenvalue weighted by Gasteiger charge is 2.36. The molecule has 2 fully saturated rings. The van der Waals surface area contributed by atoms with E-state index in [0.717, 1.165) is 25.8 Å². The van der Waals surface area contributed by atoms with Gasteiger partial charge in [0, 0.05) is 12.6 Å². The lowest BCUT2D eigenvalue weighted by Gasteiger charge is -2.44. The summed E-state index contributed by atoms with van der Waals surface area (Å²) in [6.45, 7) is 2.41. The zero-order chi connectivity index (χ0) is 22.0. The molecule has 1 aliphatic carbocycles. The molecule has 4 rings (SSSR count). The van der Waals surface area contributed by atoms with Crippen molar-refractivity contribution in [3.8, 4) is 6.07 Å². The highest BCUT2D eigenvalue weighted by molar-refractivity contribution is 7.90. The summed E-state index contributed by atoms with van der Waals surface area (Å²) < 4.78 is 26.2. The number of amides is 1. The number of hydrogen-bond donors (Lipinski definition) is 0. The van der Waals surface area contributed by atoms with Crippen LogP contribution in [0, 0.1) is 24.2 Å². The van der Waals surface area contributed by atoms with Crippen LogP contribution < -0.4 is 0 Å². The number of carbonyl (C=O) groups is 1. The minimum atomic E-state index is -3.78. The van der Waals surface area contributed by atoms with Gasteiger partial charge in [-0.15, -0.1) is 0 Å². The van der Waals surface area contributed by atoms with Gasteiger partial charge in [-0.3, -0.25) is 4.79 Å². The first-order valence-electron chi connectivity index (χ1n) is 10.9. The van der Waals surface area contributed by atoms with Crippen LogP contribution in [0.1, 0.15) is 65.8 Å². The number of carbonyl (C=O) groups excluding carboxylic acids is 1. The molecular weight excluding hydrogens is 410 g/mol. The first kappa shape index (κ1) is 21.5. The number of piperidine rings is 1. The number of aromatic nitrogens is 1. The summed E-state index contributed by atoms with van der Waals surface area (Å²) in [6, 6.07) is 12.1. The van der Waals surface area contributed by atoms with Crippen molar-refractivity contribution < 1.29 is 13.2 Å². The Bertz CT molecular complexity index is 1130. The Morgan fingerprint density at radius 2 is 1.87 bits per heavy atom. The van der Waals surface area contributed by atoms with Crippen LogP contribution in [-0.4, -0.2) is 36.8 Å². The van der Waals surface area contributed by atoms with E-state index >= 15 is 0 Å². The average Bonchev–Trinajstić information content (AvgIpc) is 2.77. The Morgan fingerprint density at radius 3 is 2.68 bits per heavy atom. The maximum Gasteiger partial charge on any atom is 0.272 e. The van der Waals surface area contributed by atoms with Crippen molar-refractivity contribution in [2.45, 2.75) is 62.1 Å². The third-order valence-corrected chi connectivity index (χ3v) is 8.35. The van der Waals surface area contributed by atoms with Crippen LogP contribution in [0.5, 0.6) is 0 Å². The number of fused-ring (bicyclic) bond motifs is 1. The number of sulfone groups is 1. The Hall–Kier alpha value is -2.72. The summed E-state index contributed by atoms with van der Waals surface area (Å²) in [5.41, 5.74) is 1.27. The van der Waals surface area contributed by atoms with E-state index in [1.54, 1.807) is 37.3 Å². The van der Waals surface area contributed by atoms with Gasteiger partial charge in [-0.2, -0.15) is 5.26 Å². The minimum Gasteiger partial charge on any atom is -0.334 e. The number of pyridine rings is 1. The zero-order valence-electron chi connectivity index (χ0n) is 17.8. The molecule has 7 heteroatoms. The average molecular weight is 438 g/mol. The maximum absolute atomic E-state index is 13.3. The van der Waals surface area contributed by atoms with Gasteiger partial charge in [0.15, 0.2) is 9.84 Å². The van der Waals surface area contributed by atoms with Crippen molar-refractivity contribution >= 4 is 15.7 Å². The number of nitrogens with zero attached hydrogens (tertiary/aromatic N) is 3. The van der Waals surface area contributed by atoms with Gasteiger partial charge in [-0.1, -0.05) is 31.0 Å². The standard InChI is InChI=1S/C24H27N3O3S/c1-17-7-4-9-19(15-25)23(17)31(29,30)16-20-11-5-12-21(26-20)24(28)27-14-6-10-18-8-2-3-13-22(18)27/h4-5,7,9,11-12,18,22H,2-3,6,8,10,13-14,16H2,1H3. The van der Waals surface area contributed by atoms with Crippen molar-refractivity contribution in [1.82, 2.24) is 9.88 Å². The van der Waals surface area contributed by atoms with Gasteiger partial charge in [0.05, 0.1) is 21.9 Å². The molecule has 2 atom stereocenters. The van der Waals surface area contributed by atoms with Gasteiger partial charge in [-0.25, -0.2) is 13.4 Å². The molecule has 2 aliphatic rings. The molecule has 1 aliphatic heterocycles. The van der Waals surface area contributed by atoms with E-state index in [2.05, 4.69) is 4.98 Å². The number of aryl methyl sites for hydroxylation is 1. The van der Waals surface area contributed by atoms with E-state index in [0.29, 0.717) is 22.9 Å². The number of likely N-dealkylation sites (tertiary alicyclic amines) is 1. The second kappa shape index (κ2) is 8.80. The van der Waals surface area contributed by atoms with Crippen LogP contribution in [-0.2, 0) is 15.6 Å². The SMILES string of the molecule is Cc1cccc(C#N)c1S(=O)(=O)Cc1cccc(C(=O)N2CCCC3CCCCC32)n1. The molecule has 0 radical (unpaired) electrons. The summed E-state index contributed by atoms with van der Waals surface area (Å²) in [5.74, 6) is 0.115. The van der Waals surface area contributed by atoms with Crippen molar-refractivity contribution in [2.24, 2.45) is 5.92 Å². The van der Waals surface area contributed by atoms with E-state index in [9.17, 15) is 18.5 Å². The molecule has 6 nitrogen and oxygen atoms in total. The fourth-order valence-corrected chi connectivity index (χ4v) is 6.83. The monoisotopic (exact) mass is 437 g/mol. The molecule has 2 aromatic rings. The van der Waals surface area contributed by atoms with Crippen molar-refractivity contribution in [2.75, 3.05) is 6.54 Å². The smallest absolute Gasteiger partial charge is 0.272 e. The summed E-state index contributed by atoms with van der Waals surface area (Å²) in [5, 5.41) is 9.35. The first-order valence-corrected chi connectivity index (χ1v) is 12.6. The van der Waals surface area contributed by atoms with Crippen LogP contribution in [0.25, 0.3) is 0 Å². The highest BCUT2D eigenvalue weighted by Crippen LogP contribution is 2.35. The molecule has 0 bridgehead atoms. The van der Waals surface area contributed by atoms with Crippen LogP contribution in [0.15, 0.2) is 41.3 Å². The molecule has 1 amide bonds. The summed E-state index contributed by atoms with van der Waals surface area (Å²) in [4.78, 5) is 19.7. The summed E-state index contributed by atoms with van der Waals surface area (Å²) in [6.07, 6.45) is 6.78. The quantitative estimate of drug-likeness (QED) is 0.720. The molecular formula is C24H27N3O3S. The van der Waals surface area contributed by atoms with Gasteiger partial charge < -0.3 is 4.90 Å². The molecule has 2 unspecified atom stereocenters. The predicted octanol–water partition coefficient (Wildman–Crippen LogP) is 4.03. The van der Waals surface area contributed by atoms with Gasteiger partial charge >= 0.3 is 0 Å². The third kappa shape index (κ3) is 4.35. The van der Waals surface area contributed by atoms with Crippen molar-refractivity contribution in [3.05, 3.63) is 58.9 Å². The molecule has 0 spiro atoms. The number of hydrogen-bond acceptors (Lipinski definition) is 5. The van der Waals surface area contributed by atoms with Gasteiger partial charge in [0.25, 0.3) is 5.91 Å². The number of nitriles is 1. The van der Waals surface area contributed by atoms with Crippen molar-refractivity contribution in [3.63, 3.8) is 0 Å². The van der Waals surface area contributed by atoms with Crippen LogP contribution >= 0.6 is 0 Å². The molecule has 1 aromatic carbocycles. The Morgan fingerprint density at radius 1 is 1.13 bits per heavy atom. The van der Waals surface area contributed by atoms with Gasteiger partial charge in [0.2, 0.25) is 0 Å². The predicted molar refractivity (Wildman–Crippen MR) is 117 cm³/mol. The van der Waals surface area contributed by atoms with E-state index in [4.69, 9.17) is 0 Å². The van der Waals surface area contributed by atoms with E-state index in [-0.39, 0.29) is 28.2 Å². The third-order valence-electron chi connectivity index (χ3n) is 6.51. The largest absolute Gasteiger partial charge is 0.334 e. The zero-order valence-corrected chi connectivity index (χ0v) is 18.6. The first-order chi connectivity index (χ1) is 14.9. The molecule has 162 valence electrons. The Labute approximate surface area is 183 Å². The maximum atomic E-state index is 13.3. The van der Waals surface area contributed by atoms with E-state index < -0.39 is 9.84 Å². The molecule has 1 saturated carbocycles. The van der Waals surface area contributed by atoms with Crippen LogP contribution in [0.2, 0.25) is 0 Å². The Kier molecular flexibility index (Phi) is 6.10.